The first-order chi connectivity index (χ1) is 8.94. The molecule has 1 aromatic rings. The van der Waals surface area contributed by atoms with Crippen LogP contribution in [0.25, 0.3) is 0 Å². The molecule has 0 aliphatic heterocycles. The maximum Gasteiger partial charge on any atom is 0.337 e. The van der Waals surface area contributed by atoms with Gasteiger partial charge in [0.15, 0.2) is 0 Å². The number of nitrogens with one attached hydrogen (secondary N) is 1. The Bertz CT molecular complexity index is 520. The number of ether oxygens (including phenoxy) is 1. The van der Waals surface area contributed by atoms with Crippen LogP contribution in [0.4, 0.5) is 0 Å². The largest absolute Gasteiger partial charge is 0.465 e. The number of carbonyl (C=O) groups is 1. The van der Waals surface area contributed by atoms with Crippen molar-refractivity contribution in [2.45, 2.75) is 24.3 Å². The molecule has 1 atom stereocenters. The summed E-state index contributed by atoms with van der Waals surface area (Å²) < 4.78 is 30.8. The molecular formula is C12H17NO5S. The predicted octanol–water partition coefficient (Wildman–Crippen LogP) is 0.522. The Morgan fingerprint density at radius 3 is 2.37 bits per heavy atom. The molecule has 0 aromatic heterocycles. The van der Waals surface area contributed by atoms with Gasteiger partial charge in [-0.3, -0.25) is 0 Å². The van der Waals surface area contributed by atoms with Crippen molar-refractivity contribution in [1.29, 1.82) is 0 Å². The van der Waals surface area contributed by atoms with Gasteiger partial charge in [-0.25, -0.2) is 17.9 Å². The van der Waals surface area contributed by atoms with Gasteiger partial charge in [0.1, 0.15) is 0 Å². The van der Waals surface area contributed by atoms with E-state index in [2.05, 4.69) is 9.46 Å². The molecule has 0 saturated heterocycles. The smallest absolute Gasteiger partial charge is 0.337 e. The summed E-state index contributed by atoms with van der Waals surface area (Å²) in [5.41, 5.74) is 0.274. The van der Waals surface area contributed by atoms with Crippen LogP contribution in [-0.4, -0.2) is 39.3 Å². The molecule has 6 nitrogen and oxygen atoms in total. The SMILES string of the molecule is CC[C@@H](CO)NS(=O)(=O)c1ccc(C(=O)OC)cc1. The van der Waals surface area contributed by atoms with Gasteiger partial charge in [-0.2, -0.15) is 0 Å². The molecule has 0 fully saturated rings. The molecular weight excluding hydrogens is 270 g/mol. The van der Waals surface area contributed by atoms with Crippen LogP contribution in [0.1, 0.15) is 23.7 Å². The number of methoxy groups -OCH3 is 1. The molecule has 0 saturated carbocycles. The summed E-state index contributed by atoms with van der Waals surface area (Å²) in [5.74, 6) is -0.529. The highest BCUT2D eigenvalue weighted by atomic mass is 32.2. The first-order valence-electron chi connectivity index (χ1n) is 5.76. The topological polar surface area (TPSA) is 92.7 Å². The lowest BCUT2D eigenvalue weighted by Gasteiger charge is -2.14. The monoisotopic (exact) mass is 287 g/mol. The van der Waals surface area contributed by atoms with Gasteiger partial charge in [0.05, 0.1) is 24.2 Å². The number of sulfonamides is 1. The quantitative estimate of drug-likeness (QED) is 0.744. The van der Waals surface area contributed by atoms with Crippen molar-refractivity contribution < 1.29 is 23.1 Å². The third kappa shape index (κ3) is 4.02. The summed E-state index contributed by atoms with van der Waals surface area (Å²) in [6.07, 6.45) is 0.482. The molecule has 0 aliphatic carbocycles. The summed E-state index contributed by atoms with van der Waals surface area (Å²) in [6.45, 7) is 1.50. The number of hydrogen-bond acceptors (Lipinski definition) is 5. The number of aliphatic hydroxyl groups excluding tert-OH is 1. The fourth-order valence-corrected chi connectivity index (χ4v) is 2.74. The molecule has 7 heteroatoms. The third-order valence-electron chi connectivity index (χ3n) is 2.62. The summed E-state index contributed by atoms with van der Waals surface area (Å²) in [4.78, 5) is 11.3. The number of aliphatic hydroxyl groups is 1. The number of esters is 1. The zero-order valence-corrected chi connectivity index (χ0v) is 11.6. The van der Waals surface area contributed by atoms with Gasteiger partial charge in [-0.1, -0.05) is 6.92 Å². The molecule has 0 heterocycles. The summed E-state index contributed by atoms with van der Waals surface area (Å²) >= 11 is 0. The van der Waals surface area contributed by atoms with Crippen LogP contribution in [0.15, 0.2) is 29.2 Å². The van der Waals surface area contributed by atoms with Gasteiger partial charge in [0, 0.05) is 6.04 Å². The van der Waals surface area contributed by atoms with Gasteiger partial charge in [0.25, 0.3) is 0 Å². The highest BCUT2D eigenvalue weighted by Gasteiger charge is 2.18. The van der Waals surface area contributed by atoms with Crippen molar-refractivity contribution in [3.63, 3.8) is 0 Å². The molecule has 2 N–H and O–H groups in total. The van der Waals surface area contributed by atoms with E-state index in [4.69, 9.17) is 5.11 Å². The average molecular weight is 287 g/mol. The van der Waals surface area contributed by atoms with E-state index in [1.165, 1.54) is 31.4 Å². The van der Waals surface area contributed by atoms with Crippen molar-refractivity contribution in [1.82, 2.24) is 4.72 Å². The van der Waals surface area contributed by atoms with E-state index < -0.39 is 22.0 Å². The molecule has 0 radical (unpaired) electrons. The Morgan fingerprint density at radius 1 is 1.37 bits per heavy atom. The van der Waals surface area contributed by atoms with Gasteiger partial charge < -0.3 is 9.84 Å². The predicted molar refractivity (Wildman–Crippen MR) is 69.3 cm³/mol. The maximum absolute atomic E-state index is 12.0. The number of carbonyl (C=O) groups excluding carboxylic acids is 1. The Morgan fingerprint density at radius 2 is 1.95 bits per heavy atom. The first kappa shape index (κ1) is 15.6. The molecule has 0 aliphatic rings. The second-order valence-corrected chi connectivity index (χ2v) is 5.64. The molecule has 0 bridgehead atoms. The number of benzene rings is 1. The van der Waals surface area contributed by atoms with Crippen LogP contribution in [0, 0.1) is 0 Å². The van der Waals surface area contributed by atoms with Crippen molar-refractivity contribution in [3.8, 4) is 0 Å². The fourth-order valence-electron chi connectivity index (χ4n) is 1.43. The second-order valence-electron chi connectivity index (χ2n) is 3.92. The Balaban J connectivity index is 2.93. The van der Waals surface area contributed by atoms with E-state index in [1.807, 2.05) is 0 Å². The lowest BCUT2D eigenvalue weighted by molar-refractivity contribution is 0.0600. The van der Waals surface area contributed by atoms with E-state index in [0.717, 1.165) is 0 Å². The van der Waals surface area contributed by atoms with Crippen molar-refractivity contribution >= 4 is 16.0 Å². The van der Waals surface area contributed by atoms with E-state index in [0.29, 0.717) is 6.42 Å². The van der Waals surface area contributed by atoms with Crippen LogP contribution in [0.3, 0.4) is 0 Å². The van der Waals surface area contributed by atoms with Gasteiger partial charge >= 0.3 is 5.97 Å². The standard InChI is InChI=1S/C12H17NO5S/c1-3-10(8-14)13-19(16,17)11-6-4-9(5-7-11)12(15)18-2/h4-7,10,13-14H,3,8H2,1-2H3/t10-/m0/s1. The summed E-state index contributed by atoms with van der Waals surface area (Å²) in [6, 6.07) is 4.86. The highest BCUT2D eigenvalue weighted by Crippen LogP contribution is 2.12. The number of hydrogen-bond donors (Lipinski definition) is 2. The molecule has 0 unspecified atom stereocenters. The van der Waals surface area contributed by atoms with E-state index >= 15 is 0 Å². The zero-order chi connectivity index (χ0) is 14.5. The van der Waals surface area contributed by atoms with Crippen molar-refractivity contribution in [2.24, 2.45) is 0 Å². The first-order valence-corrected chi connectivity index (χ1v) is 7.24. The Kier molecular flexibility index (Phi) is 5.46. The molecule has 19 heavy (non-hydrogen) atoms. The second kappa shape index (κ2) is 6.65. The van der Waals surface area contributed by atoms with Crippen molar-refractivity contribution in [3.05, 3.63) is 29.8 Å². The van der Waals surface area contributed by atoms with Gasteiger partial charge in [-0.05, 0) is 30.7 Å². The summed E-state index contributed by atoms with van der Waals surface area (Å²) in [5, 5.41) is 9.00. The molecule has 1 aromatic carbocycles. The minimum Gasteiger partial charge on any atom is -0.465 e. The molecule has 1 rings (SSSR count). The number of rotatable bonds is 6. The van der Waals surface area contributed by atoms with Crippen LogP contribution in [-0.2, 0) is 14.8 Å². The van der Waals surface area contributed by atoms with Crippen LogP contribution >= 0.6 is 0 Å². The van der Waals surface area contributed by atoms with Gasteiger partial charge in [-0.15, -0.1) is 0 Å². The van der Waals surface area contributed by atoms with Crippen LogP contribution < -0.4 is 4.72 Å². The average Bonchev–Trinajstić information content (AvgIpc) is 2.44. The highest BCUT2D eigenvalue weighted by molar-refractivity contribution is 7.89. The molecule has 0 spiro atoms. The van der Waals surface area contributed by atoms with E-state index in [9.17, 15) is 13.2 Å². The Hall–Kier alpha value is -1.44. The lowest BCUT2D eigenvalue weighted by Crippen LogP contribution is -2.36. The summed E-state index contributed by atoms with van der Waals surface area (Å²) in [7, 11) is -2.44. The third-order valence-corrected chi connectivity index (χ3v) is 4.16. The minimum atomic E-state index is -3.70. The Labute approximate surface area is 112 Å². The van der Waals surface area contributed by atoms with E-state index in [-0.39, 0.29) is 17.1 Å². The zero-order valence-electron chi connectivity index (χ0n) is 10.8. The molecule has 0 amide bonds. The lowest BCUT2D eigenvalue weighted by atomic mass is 10.2. The van der Waals surface area contributed by atoms with Crippen LogP contribution in [0.5, 0.6) is 0 Å². The van der Waals surface area contributed by atoms with Crippen LogP contribution in [0.2, 0.25) is 0 Å². The fraction of sp³-hybridized carbons (Fsp3) is 0.417. The normalized spacial score (nSPS) is 13.0. The maximum atomic E-state index is 12.0. The molecule has 106 valence electrons. The van der Waals surface area contributed by atoms with Gasteiger partial charge in [0.2, 0.25) is 10.0 Å². The van der Waals surface area contributed by atoms with E-state index in [1.54, 1.807) is 6.92 Å². The minimum absolute atomic E-state index is 0.0343. The van der Waals surface area contributed by atoms with Crippen molar-refractivity contribution in [2.75, 3.05) is 13.7 Å².